The number of pyridine rings is 1. The second-order valence-electron chi connectivity index (χ2n) is 8.51. The summed E-state index contributed by atoms with van der Waals surface area (Å²) >= 11 is 0. The van der Waals surface area contributed by atoms with Crippen LogP contribution in [0.5, 0.6) is 0 Å². The Labute approximate surface area is 182 Å². The quantitative estimate of drug-likeness (QED) is 0.719. The van der Waals surface area contributed by atoms with Gasteiger partial charge in [0.1, 0.15) is 18.5 Å². The number of nitrogens with zero attached hydrogens (tertiary/aromatic N) is 4. The van der Waals surface area contributed by atoms with Crippen molar-refractivity contribution < 1.29 is 14.6 Å². The van der Waals surface area contributed by atoms with Gasteiger partial charge in [0.25, 0.3) is 0 Å². The number of aliphatic hydroxyl groups is 1. The van der Waals surface area contributed by atoms with Gasteiger partial charge in [0.15, 0.2) is 0 Å². The van der Waals surface area contributed by atoms with Crippen molar-refractivity contribution in [3.8, 4) is 6.07 Å². The maximum absolute atomic E-state index is 11.7. The van der Waals surface area contributed by atoms with Crippen molar-refractivity contribution in [1.82, 2.24) is 9.88 Å². The number of ether oxygens (including phenoxy) is 1. The van der Waals surface area contributed by atoms with E-state index in [-0.39, 0.29) is 5.97 Å². The molecule has 31 heavy (non-hydrogen) atoms. The molecule has 0 saturated carbocycles. The van der Waals surface area contributed by atoms with Gasteiger partial charge in [0, 0.05) is 31.9 Å². The first-order chi connectivity index (χ1) is 15.0. The molecule has 1 atom stereocenters. The number of esters is 1. The molecule has 0 radical (unpaired) electrons. The molecule has 7 nitrogen and oxygen atoms in total. The third-order valence-corrected chi connectivity index (χ3v) is 6.51. The monoisotopic (exact) mass is 420 g/mol. The molecule has 0 bridgehead atoms. The van der Waals surface area contributed by atoms with Crippen LogP contribution in [-0.2, 0) is 11.3 Å². The number of β-amino-alcohol motifs (C(OH)–C–C–N with tert-alkyl or cyclic N) is 1. The summed E-state index contributed by atoms with van der Waals surface area (Å²) in [5.41, 5.74) is 3.94. The first-order valence-corrected chi connectivity index (χ1v) is 10.7. The number of hydrogen-bond donors (Lipinski definition) is 1. The fourth-order valence-corrected chi connectivity index (χ4v) is 4.69. The summed E-state index contributed by atoms with van der Waals surface area (Å²) in [5.74, 6) is 0.980. The fraction of sp³-hybridized carbons (Fsp3) is 0.458. The van der Waals surface area contributed by atoms with Gasteiger partial charge in [-0.15, -0.1) is 0 Å². The van der Waals surface area contributed by atoms with Crippen LogP contribution in [0.1, 0.15) is 51.6 Å². The Morgan fingerprint density at radius 1 is 1.35 bits per heavy atom. The van der Waals surface area contributed by atoms with Gasteiger partial charge in [-0.3, -0.25) is 0 Å². The number of piperidine rings is 1. The van der Waals surface area contributed by atoms with E-state index in [1.807, 2.05) is 20.0 Å². The predicted molar refractivity (Wildman–Crippen MR) is 117 cm³/mol. The van der Waals surface area contributed by atoms with E-state index in [2.05, 4.69) is 20.9 Å². The summed E-state index contributed by atoms with van der Waals surface area (Å²) in [6, 6.07) is 9.42. The minimum Gasteiger partial charge on any atom is -0.457 e. The molecule has 0 spiro atoms. The number of benzene rings is 1. The number of fused-ring (bicyclic) bond motifs is 1. The van der Waals surface area contributed by atoms with E-state index < -0.39 is 6.10 Å². The SMILES string of the molecule is Cc1c([C@@H](O)CN2CCC(CN(C)c3ncccc3C#N)CC2)ccc2c1COC2=O. The first-order valence-electron chi connectivity index (χ1n) is 10.7. The zero-order valence-corrected chi connectivity index (χ0v) is 18.0. The van der Waals surface area contributed by atoms with Gasteiger partial charge < -0.3 is 19.6 Å². The number of carbonyl (C=O) groups is 1. The van der Waals surface area contributed by atoms with Gasteiger partial charge >= 0.3 is 5.97 Å². The van der Waals surface area contributed by atoms with Crippen molar-refractivity contribution in [3.63, 3.8) is 0 Å². The molecule has 0 amide bonds. The van der Waals surface area contributed by atoms with Crippen molar-refractivity contribution >= 4 is 11.8 Å². The molecule has 4 rings (SSSR count). The summed E-state index contributed by atoms with van der Waals surface area (Å²) in [5, 5.41) is 20.2. The van der Waals surface area contributed by atoms with Gasteiger partial charge in [-0.1, -0.05) is 6.07 Å². The van der Waals surface area contributed by atoms with Crippen LogP contribution < -0.4 is 4.90 Å². The Bertz CT molecular complexity index is 1010. The highest BCUT2D eigenvalue weighted by Crippen LogP contribution is 2.30. The number of cyclic esters (lactones) is 1. The number of rotatable bonds is 6. The van der Waals surface area contributed by atoms with Crippen LogP contribution >= 0.6 is 0 Å². The van der Waals surface area contributed by atoms with Crippen LogP contribution in [0.25, 0.3) is 0 Å². The maximum atomic E-state index is 11.7. The molecule has 0 unspecified atom stereocenters. The molecule has 1 aromatic heterocycles. The molecule has 0 aliphatic carbocycles. The van der Waals surface area contributed by atoms with Gasteiger partial charge in [0.05, 0.1) is 17.2 Å². The Morgan fingerprint density at radius 3 is 2.87 bits per heavy atom. The Balaban J connectivity index is 1.32. The third kappa shape index (κ3) is 4.41. The summed E-state index contributed by atoms with van der Waals surface area (Å²) < 4.78 is 5.12. The molecule has 2 aliphatic rings. The Hall–Kier alpha value is -2.95. The lowest BCUT2D eigenvalue weighted by molar-refractivity contribution is 0.0535. The number of hydrogen-bond acceptors (Lipinski definition) is 7. The lowest BCUT2D eigenvalue weighted by Gasteiger charge is -2.35. The van der Waals surface area contributed by atoms with Gasteiger partial charge in [-0.25, -0.2) is 9.78 Å². The molecular weight excluding hydrogens is 392 g/mol. The normalized spacial score (nSPS) is 17.7. The van der Waals surface area contributed by atoms with Gasteiger partial charge in [0.2, 0.25) is 0 Å². The number of likely N-dealkylation sites (tertiary alicyclic amines) is 1. The number of aromatic nitrogens is 1. The van der Waals surface area contributed by atoms with E-state index in [0.717, 1.165) is 55.0 Å². The fourth-order valence-electron chi connectivity index (χ4n) is 4.69. The minimum absolute atomic E-state index is 0.279. The Morgan fingerprint density at radius 2 is 2.13 bits per heavy atom. The first kappa shape index (κ1) is 21.3. The van der Waals surface area contributed by atoms with Crippen molar-refractivity contribution in [2.45, 2.75) is 32.5 Å². The van der Waals surface area contributed by atoms with Crippen LogP contribution in [0.3, 0.4) is 0 Å². The molecule has 1 saturated heterocycles. The molecule has 162 valence electrons. The second kappa shape index (κ2) is 9.04. The van der Waals surface area contributed by atoms with E-state index in [1.54, 1.807) is 24.4 Å². The lowest BCUT2D eigenvalue weighted by atomic mass is 9.93. The number of aliphatic hydroxyl groups excluding tert-OH is 1. The molecular formula is C24H28N4O3. The molecule has 1 N–H and O–H groups in total. The van der Waals surface area contributed by atoms with Crippen molar-refractivity contribution in [3.05, 3.63) is 58.3 Å². The van der Waals surface area contributed by atoms with Gasteiger partial charge in [-0.2, -0.15) is 5.26 Å². The highest BCUT2D eigenvalue weighted by Gasteiger charge is 2.27. The lowest BCUT2D eigenvalue weighted by Crippen LogP contribution is -2.40. The highest BCUT2D eigenvalue weighted by atomic mass is 16.5. The molecule has 2 aliphatic heterocycles. The van der Waals surface area contributed by atoms with Crippen molar-refractivity contribution in [2.24, 2.45) is 5.92 Å². The second-order valence-corrected chi connectivity index (χ2v) is 8.51. The number of nitriles is 1. The van der Waals surface area contributed by atoms with E-state index in [4.69, 9.17) is 4.74 Å². The number of carbonyl (C=O) groups excluding carboxylic acids is 1. The molecule has 1 fully saturated rings. The van der Waals surface area contributed by atoms with Crippen LogP contribution in [-0.4, -0.2) is 54.2 Å². The standard InChI is InChI=1S/C24H28N4O3/c1-16-19(5-6-20-21(16)15-31-24(20)30)22(29)14-28-10-7-17(8-11-28)13-27(2)23-18(12-25)4-3-9-26-23/h3-6,9,17,22,29H,7-8,10-11,13-15H2,1-2H3/t22-/m0/s1. The summed E-state index contributed by atoms with van der Waals surface area (Å²) in [6.07, 6.45) is 3.21. The van der Waals surface area contributed by atoms with Crippen LogP contribution in [0.2, 0.25) is 0 Å². The minimum atomic E-state index is -0.591. The van der Waals surface area contributed by atoms with Crippen LogP contribution in [0, 0.1) is 24.2 Å². The average molecular weight is 421 g/mol. The largest absolute Gasteiger partial charge is 0.457 e. The summed E-state index contributed by atoms with van der Waals surface area (Å²) in [4.78, 5) is 20.5. The van der Waals surface area contributed by atoms with E-state index in [1.165, 1.54) is 0 Å². The molecule has 3 heterocycles. The molecule has 7 heteroatoms. The van der Waals surface area contributed by atoms with Crippen LogP contribution in [0.15, 0.2) is 30.5 Å². The van der Waals surface area contributed by atoms with Gasteiger partial charge in [-0.05, 0) is 68.1 Å². The smallest absolute Gasteiger partial charge is 0.338 e. The Kier molecular flexibility index (Phi) is 6.21. The predicted octanol–water partition coefficient (Wildman–Crippen LogP) is 2.81. The van der Waals surface area contributed by atoms with Crippen molar-refractivity contribution in [1.29, 1.82) is 5.26 Å². The molecule has 1 aromatic carbocycles. The molecule has 2 aromatic rings. The maximum Gasteiger partial charge on any atom is 0.338 e. The zero-order valence-electron chi connectivity index (χ0n) is 18.0. The topological polar surface area (TPSA) is 89.7 Å². The average Bonchev–Trinajstić information content (AvgIpc) is 3.16. The zero-order chi connectivity index (χ0) is 22.0. The third-order valence-electron chi connectivity index (χ3n) is 6.51. The van der Waals surface area contributed by atoms with Crippen LogP contribution in [0.4, 0.5) is 5.82 Å². The van der Waals surface area contributed by atoms with Crippen molar-refractivity contribution in [2.75, 3.05) is 38.1 Å². The van der Waals surface area contributed by atoms with E-state index >= 15 is 0 Å². The highest BCUT2D eigenvalue weighted by molar-refractivity contribution is 5.93. The number of anilines is 1. The van der Waals surface area contributed by atoms with E-state index in [0.29, 0.717) is 30.2 Å². The summed E-state index contributed by atoms with van der Waals surface area (Å²) in [6.45, 7) is 5.54. The van der Waals surface area contributed by atoms with E-state index in [9.17, 15) is 15.2 Å². The summed E-state index contributed by atoms with van der Waals surface area (Å²) in [7, 11) is 1.99.